The number of ether oxygens (including phenoxy) is 4. The molecule has 0 atom stereocenters. The second-order valence-electron chi connectivity index (χ2n) is 12.0. The molecular weight excluding hydrogens is 668 g/mol. The monoisotopic (exact) mass is 704 g/mol. The zero-order valence-electron chi connectivity index (χ0n) is 29.6. The number of benzene rings is 6. The van der Waals surface area contributed by atoms with Crippen LogP contribution in [0.4, 0.5) is 0 Å². The van der Waals surface area contributed by atoms with Gasteiger partial charge in [-0.25, -0.2) is 0 Å². The van der Waals surface area contributed by atoms with Crippen molar-refractivity contribution in [3.05, 3.63) is 190 Å². The molecule has 0 aliphatic rings. The zero-order chi connectivity index (χ0) is 37.5. The molecule has 0 aliphatic carbocycles. The molecule has 0 bridgehead atoms. The zero-order valence-corrected chi connectivity index (χ0v) is 29.6. The third-order valence-electron chi connectivity index (χ3n) is 9.25. The van der Waals surface area contributed by atoms with Gasteiger partial charge in [0.2, 0.25) is 0 Å². The van der Waals surface area contributed by atoms with Crippen molar-refractivity contribution in [2.75, 3.05) is 28.4 Å². The molecule has 0 N–H and O–H groups in total. The second-order valence-corrected chi connectivity index (χ2v) is 12.0. The van der Waals surface area contributed by atoms with Crippen molar-refractivity contribution in [2.45, 2.75) is 5.41 Å². The van der Waals surface area contributed by atoms with Gasteiger partial charge in [0.05, 0.1) is 50.7 Å². The van der Waals surface area contributed by atoms with Crippen molar-refractivity contribution in [3.8, 4) is 23.0 Å². The Labute approximate surface area is 307 Å². The highest BCUT2D eigenvalue weighted by molar-refractivity contribution is 6.28. The van der Waals surface area contributed by atoms with E-state index in [0.717, 1.165) is 0 Å². The van der Waals surface area contributed by atoms with Crippen LogP contribution in [0.5, 0.6) is 23.0 Å². The largest absolute Gasteiger partial charge is 0.496 e. The number of hydrogen-bond donors (Lipinski definition) is 0. The molecule has 0 amide bonds. The molecule has 0 unspecified atom stereocenters. The number of Topliss-reactive ketones (excluding diaryl/α,β-unsaturated/α-hetero) is 2. The van der Waals surface area contributed by atoms with Crippen molar-refractivity contribution in [1.82, 2.24) is 0 Å². The fourth-order valence-electron chi connectivity index (χ4n) is 6.58. The summed E-state index contributed by atoms with van der Waals surface area (Å²) in [5, 5.41) is 0. The summed E-state index contributed by atoms with van der Waals surface area (Å²) in [6.45, 7) is 0. The van der Waals surface area contributed by atoms with Crippen LogP contribution in [0.1, 0.15) is 63.7 Å². The minimum atomic E-state index is -2.05. The van der Waals surface area contributed by atoms with E-state index in [1.165, 1.54) is 28.4 Å². The van der Waals surface area contributed by atoms with Gasteiger partial charge in [-0.1, -0.05) is 97.1 Å². The van der Waals surface area contributed by atoms with Gasteiger partial charge in [0, 0.05) is 11.1 Å². The SMILES string of the molecule is COc1ccccc1C(=O)c1ccc(C(C(=O)c2ccccc2OC)(C(=O)c2ccccc2OC)c2ccc(C(=O)c3ccccc3OC)cc2)cc1. The predicted octanol–water partition coefficient (Wildman–Crippen LogP) is 8.23. The predicted molar refractivity (Wildman–Crippen MR) is 201 cm³/mol. The van der Waals surface area contributed by atoms with Gasteiger partial charge in [0.25, 0.3) is 0 Å². The summed E-state index contributed by atoms with van der Waals surface area (Å²) < 4.78 is 22.1. The van der Waals surface area contributed by atoms with Crippen LogP contribution in [0, 0.1) is 0 Å². The summed E-state index contributed by atoms with van der Waals surface area (Å²) in [6, 6.07) is 39.9. The van der Waals surface area contributed by atoms with Crippen molar-refractivity contribution < 1.29 is 38.1 Å². The highest BCUT2D eigenvalue weighted by Gasteiger charge is 2.51. The summed E-state index contributed by atoms with van der Waals surface area (Å²) in [6.07, 6.45) is 0. The van der Waals surface area contributed by atoms with Crippen LogP contribution in [0.15, 0.2) is 146 Å². The fourth-order valence-corrected chi connectivity index (χ4v) is 6.58. The lowest BCUT2D eigenvalue weighted by Crippen LogP contribution is -2.45. The first-order valence-electron chi connectivity index (χ1n) is 16.7. The molecule has 6 aromatic carbocycles. The van der Waals surface area contributed by atoms with Crippen LogP contribution < -0.4 is 18.9 Å². The normalized spacial score (nSPS) is 10.9. The molecule has 6 aromatic rings. The third-order valence-corrected chi connectivity index (χ3v) is 9.25. The summed E-state index contributed by atoms with van der Waals surface area (Å²) in [5.41, 5.74) is 0.178. The van der Waals surface area contributed by atoms with Gasteiger partial charge in [-0.3, -0.25) is 19.2 Å². The lowest BCUT2D eigenvalue weighted by atomic mass is 9.64. The van der Waals surface area contributed by atoms with Crippen LogP contribution in [-0.4, -0.2) is 51.6 Å². The summed E-state index contributed by atoms with van der Waals surface area (Å²) in [4.78, 5) is 58.2. The van der Waals surface area contributed by atoms with E-state index >= 15 is 9.59 Å². The summed E-state index contributed by atoms with van der Waals surface area (Å²) in [5.74, 6) is -0.414. The number of methoxy groups -OCH3 is 4. The van der Waals surface area contributed by atoms with Gasteiger partial charge >= 0.3 is 0 Å². The molecule has 0 saturated heterocycles. The molecule has 264 valence electrons. The van der Waals surface area contributed by atoms with Gasteiger partial charge in [-0.15, -0.1) is 0 Å². The maximum absolute atomic E-state index is 15.4. The third kappa shape index (κ3) is 6.58. The lowest BCUT2D eigenvalue weighted by molar-refractivity contribution is 0.0793. The fraction of sp³-hybridized carbons (Fsp3) is 0.111. The Balaban J connectivity index is 1.60. The number of hydrogen-bond acceptors (Lipinski definition) is 8. The van der Waals surface area contributed by atoms with E-state index in [2.05, 4.69) is 0 Å². The van der Waals surface area contributed by atoms with Crippen molar-refractivity contribution in [3.63, 3.8) is 0 Å². The Morgan fingerprint density at radius 1 is 0.358 bits per heavy atom. The number of rotatable bonds is 14. The molecule has 0 fully saturated rings. The van der Waals surface area contributed by atoms with E-state index in [9.17, 15) is 9.59 Å². The molecule has 0 spiro atoms. The van der Waals surface area contributed by atoms with Crippen LogP contribution in [0.25, 0.3) is 0 Å². The van der Waals surface area contributed by atoms with Crippen LogP contribution in [-0.2, 0) is 5.41 Å². The molecule has 0 heterocycles. The Morgan fingerprint density at radius 2 is 0.623 bits per heavy atom. The van der Waals surface area contributed by atoms with Gasteiger partial charge in [-0.05, 0) is 59.7 Å². The smallest absolute Gasteiger partial charge is 0.196 e. The molecule has 53 heavy (non-hydrogen) atoms. The molecule has 0 saturated carbocycles. The van der Waals surface area contributed by atoms with E-state index in [-0.39, 0.29) is 45.3 Å². The summed E-state index contributed by atoms with van der Waals surface area (Å²) in [7, 11) is 5.89. The van der Waals surface area contributed by atoms with Crippen LogP contribution >= 0.6 is 0 Å². The Bertz CT molecular complexity index is 2140. The molecule has 8 nitrogen and oxygen atoms in total. The maximum atomic E-state index is 15.4. The Morgan fingerprint density at radius 3 is 0.925 bits per heavy atom. The highest BCUT2D eigenvalue weighted by atomic mass is 16.5. The van der Waals surface area contributed by atoms with E-state index in [0.29, 0.717) is 33.8 Å². The Kier molecular flexibility index (Phi) is 10.6. The minimum absolute atomic E-state index is 0.154. The first kappa shape index (κ1) is 36.0. The first-order chi connectivity index (χ1) is 25.8. The molecule has 6 rings (SSSR count). The van der Waals surface area contributed by atoms with E-state index in [1.807, 2.05) is 0 Å². The quantitative estimate of drug-likeness (QED) is 0.0825. The minimum Gasteiger partial charge on any atom is -0.496 e. The standard InChI is InChI=1S/C45H36O8/c1-50-37-17-9-5-13-33(37)41(46)29-21-25-31(26-22-29)45(43(48)35-15-7-11-19-39(35)52-3,44(49)36-16-8-12-20-40(36)53-4)32-27-23-30(24-28-32)42(47)34-14-6-10-18-38(34)51-2/h5-28H,1-4H3. The maximum Gasteiger partial charge on any atom is 0.196 e. The average molecular weight is 705 g/mol. The van der Waals surface area contributed by atoms with Gasteiger partial charge < -0.3 is 18.9 Å². The van der Waals surface area contributed by atoms with Crippen molar-refractivity contribution >= 4 is 23.1 Å². The van der Waals surface area contributed by atoms with Crippen LogP contribution in [0.3, 0.4) is 0 Å². The summed E-state index contributed by atoms with van der Waals surface area (Å²) >= 11 is 0. The Hall–Kier alpha value is -6.80. The molecule has 0 aliphatic heterocycles. The van der Waals surface area contributed by atoms with Gasteiger partial charge in [-0.2, -0.15) is 0 Å². The second kappa shape index (κ2) is 15.6. The van der Waals surface area contributed by atoms with E-state index in [1.54, 1.807) is 146 Å². The van der Waals surface area contributed by atoms with Crippen LogP contribution in [0.2, 0.25) is 0 Å². The number of carbonyl (C=O) groups excluding carboxylic acids is 4. The average Bonchev–Trinajstić information content (AvgIpc) is 3.23. The van der Waals surface area contributed by atoms with Crippen molar-refractivity contribution in [1.29, 1.82) is 0 Å². The van der Waals surface area contributed by atoms with E-state index in [4.69, 9.17) is 18.9 Å². The number of para-hydroxylation sites is 4. The highest BCUT2D eigenvalue weighted by Crippen LogP contribution is 2.43. The lowest BCUT2D eigenvalue weighted by Gasteiger charge is -2.33. The number of carbonyl (C=O) groups is 4. The van der Waals surface area contributed by atoms with Crippen molar-refractivity contribution in [2.24, 2.45) is 0 Å². The van der Waals surface area contributed by atoms with Gasteiger partial charge in [0.15, 0.2) is 23.1 Å². The topological polar surface area (TPSA) is 105 Å². The van der Waals surface area contributed by atoms with Gasteiger partial charge in [0.1, 0.15) is 28.4 Å². The first-order valence-corrected chi connectivity index (χ1v) is 16.7. The van der Waals surface area contributed by atoms with E-state index < -0.39 is 17.0 Å². The number of ketones is 4. The molecular formula is C45H36O8. The molecule has 0 aromatic heterocycles. The molecule has 8 heteroatoms. The molecule has 0 radical (unpaired) electrons.